The monoisotopic (exact) mass is 353 g/mol. The van der Waals surface area contributed by atoms with Gasteiger partial charge in [-0.2, -0.15) is 8.78 Å². The lowest BCUT2D eigenvalue weighted by Gasteiger charge is -2.17. The minimum atomic E-state index is -3.88. The van der Waals surface area contributed by atoms with E-state index < -0.39 is 16.6 Å². The lowest BCUT2D eigenvalue weighted by atomic mass is 9.92. The fraction of sp³-hybridized carbons (Fsp3) is 0.294. The van der Waals surface area contributed by atoms with Gasteiger partial charge < -0.3 is 4.74 Å². The first kappa shape index (κ1) is 16.7. The van der Waals surface area contributed by atoms with Gasteiger partial charge in [-0.1, -0.05) is 18.2 Å². The average Bonchev–Trinajstić information content (AvgIpc) is 2.55. The Kier molecular flexibility index (Phi) is 4.71. The molecule has 0 saturated heterocycles. The summed E-state index contributed by atoms with van der Waals surface area (Å²) < 4.78 is 56.7. The number of hydrogen-bond acceptors (Lipinski definition) is 3. The average molecular weight is 353 g/mol. The Morgan fingerprint density at radius 2 is 1.71 bits per heavy atom. The van der Waals surface area contributed by atoms with E-state index in [0.29, 0.717) is 0 Å². The third-order valence-electron chi connectivity index (χ3n) is 3.98. The predicted molar refractivity (Wildman–Crippen MR) is 87.0 cm³/mol. The molecule has 0 amide bonds. The maximum absolute atomic E-state index is 12.6. The lowest BCUT2D eigenvalue weighted by molar-refractivity contribution is -0.0493. The molecule has 0 unspecified atom stereocenters. The number of alkyl halides is 2. The highest BCUT2D eigenvalue weighted by atomic mass is 32.2. The molecule has 3 rings (SSSR count). The summed E-state index contributed by atoms with van der Waals surface area (Å²) in [4.78, 5) is 0.120. The van der Waals surface area contributed by atoms with Crippen LogP contribution in [-0.2, 0) is 22.9 Å². The minimum absolute atomic E-state index is 0.0180. The summed E-state index contributed by atoms with van der Waals surface area (Å²) in [7, 11) is -3.88. The molecule has 128 valence electrons. The van der Waals surface area contributed by atoms with Gasteiger partial charge >= 0.3 is 6.61 Å². The van der Waals surface area contributed by atoms with E-state index in [9.17, 15) is 17.2 Å². The van der Waals surface area contributed by atoms with E-state index in [4.69, 9.17) is 0 Å². The van der Waals surface area contributed by atoms with Crippen LogP contribution in [0.1, 0.15) is 24.0 Å². The van der Waals surface area contributed by atoms with Gasteiger partial charge in [0.2, 0.25) is 0 Å². The van der Waals surface area contributed by atoms with Crippen LogP contribution in [0.4, 0.5) is 14.5 Å². The smallest absolute Gasteiger partial charge is 0.387 e. The molecule has 24 heavy (non-hydrogen) atoms. The van der Waals surface area contributed by atoms with E-state index in [-0.39, 0.29) is 16.3 Å². The van der Waals surface area contributed by atoms with Crippen molar-refractivity contribution in [2.75, 3.05) is 4.72 Å². The van der Waals surface area contributed by atoms with Crippen molar-refractivity contribution >= 4 is 15.7 Å². The van der Waals surface area contributed by atoms with E-state index >= 15 is 0 Å². The second-order valence-electron chi connectivity index (χ2n) is 5.62. The first-order valence-electron chi connectivity index (χ1n) is 7.64. The van der Waals surface area contributed by atoms with Crippen LogP contribution in [0.2, 0.25) is 0 Å². The van der Waals surface area contributed by atoms with Gasteiger partial charge in [-0.15, -0.1) is 0 Å². The quantitative estimate of drug-likeness (QED) is 0.885. The van der Waals surface area contributed by atoms with Crippen LogP contribution >= 0.6 is 0 Å². The Morgan fingerprint density at radius 1 is 1.00 bits per heavy atom. The van der Waals surface area contributed by atoms with Crippen LogP contribution in [0.3, 0.4) is 0 Å². The number of halogens is 2. The Hall–Kier alpha value is -2.15. The molecule has 0 aromatic heterocycles. The minimum Gasteiger partial charge on any atom is -0.433 e. The topological polar surface area (TPSA) is 55.4 Å². The second-order valence-corrected chi connectivity index (χ2v) is 7.30. The second kappa shape index (κ2) is 6.76. The van der Waals surface area contributed by atoms with Gasteiger partial charge in [-0.05, 0) is 61.1 Å². The third-order valence-corrected chi connectivity index (χ3v) is 5.34. The maximum atomic E-state index is 12.6. The largest absolute Gasteiger partial charge is 0.433 e. The van der Waals surface area contributed by atoms with Crippen LogP contribution in [-0.4, -0.2) is 15.0 Å². The molecular formula is C17H17F2NO3S. The summed E-state index contributed by atoms with van der Waals surface area (Å²) in [6.45, 7) is -3.03. The van der Waals surface area contributed by atoms with Gasteiger partial charge in [0.1, 0.15) is 5.75 Å². The third kappa shape index (κ3) is 3.67. The van der Waals surface area contributed by atoms with Gasteiger partial charge in [0.05, 0.1) is 10.6 Å². The predicted octanol–water partition coefficient (Wildman–Crippen LogP) is 3.97. The van der Waals surface area contributed by atoms with E-state index in [1.807, 2.05) is 6.07 Å². The Labute approximate surface area is 139 Å². The number of aryl methyl sites for hydroxylation is 2. The first-order chi connectivity index (χ1) is 11.5. The molecule has 1 aliphatic rings. The van der Waals surface area contributed by atoms with Crippen molar-refractivity contribution < 1.29 is 21.9 Å². The Balaban J connectivity index is 1.89. The molecule has 0 bridgehead atoms. The SMILES string of the molecule is O=S(=O)(Nc1ccccc1OC(F)F)c1ccc2c(c1)CCCC2. The molecule has 2 aromatic carbocycles. The summed E-state index contributed by atoms with van der Waals surface area (Å²) in [5.74, 6) is -0.214. The highest BCUT2D eigenvalue weighted by Gasteiger charge is 2.20. The summed E-state index contributed by atoms with van der Waals surface area (Å²) in [5, 5.41) is 0. The zero-order valence-electron chi connectivity index (χ0n) is 12.8. The number of anilines is 1. The van der Waals surface area contributed by atoms with Crippen LogP contribution in [0.5, 0.6) is 5.75 Å². The van der Waals surface area contributed by atoms with E-state index in [0.717, 1.165) is 31.2 Å². The van der Waals surface area contributed by atoms with Crippen molar-refractivity contribution in [3.05, 3.63) is 53.6 Å². The van der Waals surface area contributed by atoms with Gasteiger partial charge in [0, 0.05) is 0 Å². The molecule has 0 aliphatic heterocycles. The van der Waals surface area contributed by atoms with E-state index in [1.165, 1.54) is 23.8 Å². The van der Waals surface area contributed by atoms with Crippen molar-refractivity contribution in [1.82, 2.24) is 0 Å². The van der Waals surface area contributed by atoms with E-state index in [1.54, 1.807) is 18.2 Å². The van der Waals surface area contributed by atoms with Gasteiger partial charge in [-0.25, -0.2) is 8.42 Å². The molecule has 0 fully saturated rings. The highest BCUT2D eigenvalue weighted by Crippen LogP contribution is 2.29. The van der Waals surface area contributed by atoms with Gasteiger partial charge in [0.15, 0.2) is 0 Å². The maximum Gasteiger partial charge on any atom is 0.387 e. The number of ether oxygens (including phenoxy) is 1. The molecule has 0 atom stereocenters. The normalized spacial score (nSPS) is 14.3. The van der Waals surface area contributed by atoms with Crippen molar-refractivity contribution in [2.24, 2.45) is 0 Å². The number of benzene rings is 2. The van der Waals surface area contributed by atoms with E-state index in [2.05, 4.69) is 9.46 Å². The fourth-order valence-corrected chi connectivity index (χ4v) is 3.95. The zero-order chi connectivity index (χ0) is 17.2. The van der Waals surface area contributed by atoms with Crippen molar-refractivity contribution in [2.45, 2.75) is 37.2 Å². The Morgan fingerprint density at radius 3 is 2.46 bits per heavy atom. The lowest BCUT2D eigenvalue weighted by Crippen LogP contribution is -2.15. The molecule has 2 aromatic rings. The fourth-order valence-electron chi connectivity index (χ4n) is 2.83. The van der Waals surface area contributed by atoms with Gasteiger partial charge in [0.25, 0.3) is 10.0 Å². The molecule has 0 spiro atoms. The number of para-hydroxylation sites is 2. The highest BCUT2D eigenvalue weighted by molar-refractivity contribution is 7.92. The van der Waals surface area contributed by atoms with Gasteiger partial charge in [-0.3, -0.25) is 4.72 Å². The Bertz CT molecular complexity index is 837. The first-order valence-corrected chi connectivity index (χ1v) is 9.12. The standard InChI is InChI=1S/C17H17F2NO3S/c18-17(19)23-16-8-4-3-7-15(16)20-24(21,22)14-10-9-12-5-1-2-6-13(12)11-14/h3-4,7-11,17,20H,1-2,5-6H2. The summed E-state index contributed by atoms with van der Waals surface area (Å²) in [6, 6.07) is 10.7. The molecule has 0 saturated carbocycles. The zero-order valence-corrected chi connectivity index (χ0v) is 13.7. The summed E-state index contributed by atoms with van der Waals surface area (Å²) in [5.41, 5.74) is 2.18. The van der Waals surface area contributed by atoms with Crippen molar-refractivity contribution in [3.8, 4) is 5.75 Å². The summed E-state index contributed by atoms with van der Waals surface area (Å²) >= 11 is 0. The molecule has 4 nitrogen and oxygen atoms in total. The number of hydrogen-bond donors (Lipinski definition) is 1. The number of rotatable bonds is 5. The van der Waals surface area contributed by atoms with Crippen molar-refractivity contribution in [1.29, 1.82) is 0 Å². The molecule has 0 heterocycles. The van der Waals surface area contributed by atoms with Crippen LogP contribution in [0.25, 0.3) is 0 Å². The number of nitrogens with one attached hydrogen (secondary N) is 1. The number of sulfonamides is 1. The molecule has 1 aliphatic carbocycles. The van der Waals surface area contributed by atoms with Crippen LogP contribution in [0, 0.1) is 0 Å². The molecule has 1 N–H and O–H groups in total. The van der Waals surface area contributed by atoms with Crippen LogP contribution in [0.15, 0.2) is 47.4 Å². The molecule has 7 heteroatoms. The summed E-state index contributed by atoms with van der Waals surface area (Å²) in [6.07, 6.45) is 3.95. The van der Waals surface area contributed by atoms with Crippen molar-refractivity contribution in [3.63, 3.8) is 0 Å². The number of fused-ring (bicyclic) bond motifs is 1. The van der Waals surface area contributed by atoms with Crippen LogP contribution < -0.4 is 9.46 Å². The molecular weight excluding hydrogens is 336 g/mol. The molecule has 0 radical (unpaired) electrons.